The number of ether oxygens (including phenoxy) is 1. The van der Waals surface area contributed by atoms with Gasteiger partial charge in [0.1, 0.15) is 5.75 Å². The van der Waals surface area contributed by atoms with Crippen molar-refractivity contribution in [2.24, 2.45) is 0 Å². The summed E-state index contributed by atoms with van der Waals surface area (Å²) in [4.78, 5) is 14.8. The summed E-state index contributed by atoms with van der Waals surface area (Å²) in [6.45, 7) is 5.10. The van der Waals surface area contributed by atoms with Crippen molar-refractivity contribution in [1.29, 1.82) is 0 Å². The van der Waals surface area contributed by atoms with Gasteiger partial charge in [0, 0.05) is 30.9 Å². The van der Waals surface area contributed by atoms with Crippen LogP contribution in [0.5, 0.6) is 5.75 Å². The molecule has 2 aromatic rings. The van der Waals surface area contributed by atoms with Crippen LogP contribution in [0.1, 0.15) is 28.4 Å². The molecule has 5 nitrogen and oxygen atoms in total. The number of rotatable bonds is 6. The van der Waals surface area contributed by atoms with Crippen molar-refractivity contribution in [2.45, 2.75) is 19.9 Å². The molecule has 1 amide bonds. The fourth-order valence-corrected chi connectivity index (χ4v) is 3.64. The van der Waals surface area contributed by atoms with Crippen molar-refractivity contribution in [3.63, 3.8) is 0 Å². The fraction of sp³-hybridized carbons (Fsp3) is 0.350. The summed E-state index contributed by atoms with van der Waals surface area (Å²) >= 11 is 3.44. The Morgan fingerprint density at radius 1 is 1.27 bits per heavy atom. The lowest BCUT2D eigenvalue weighted by Gasteiger charge is -2.28. The van der Waals surface area contributed by atoms with E-state index in [1.807, 2.05) is 19.1 Å². The molecule has 0 spiro atoms. The zero-order valence-electron chi connectivity index (χ0n) is 14.8. The molecule has 3 rings (SSSR count). The van der Waals surface area contributed by atoms with E-state index in [-0.39, 0.29) is 12.5 Å². The van der Waals surface area contributed by atoms with Gasteiger partial charge in [-0.25, -0.2) is 0 Å². The topological polar surface area (TPSA) is 61.8 Å². The van der Waals surface area contributed by atoms with Crippen LogP contribution in [0.15, 0.2) is 40.9 Å². The number of nitrogens with zero attached hydrogens (tertiary/aromatic N) is 1. The van der Waals surface area contributed by atoms with Crippen molar-refractivity contribution in [3.05, 3.63) is 57.6 Å². The molecule has 138 valence electrons. The lowest BCUT2D eigenvalue weighted by atomic mass is 9.99. The molecule has 0 aromatic heterocycles. The number of fused-ring (bicyclic) bond motifs is 1. The molecule has 0 radical (unpaired) electrons. The van der Waals surface area contributed by atoms with Crippen LogP contribution in [0.2, 0.25) is 0 Å². The molecule has 1 aliphatic rings. The highest BCUT2D eigenvalue weighted by Gasteiger charge is 2.17. The van der Waals surface area contributed by atoms with Gasteiger partial charge in [-0.15, -0.1) is 0 Å². The van der Waals surface area contributed by atoms with Gasteiger partial charge >= 0.3 is 0 Å². The first-order valence-corrected chi connectivity index (χ1v) is 9.58. The maximum absolute atomic E-state index is 12.6. The summed E-state index contributed by atoms with van der Waals surface area (Å²) in [6.07, 6.45) is 0.968. The van der Waals surface area contributed by atoms with Crippen molar-refractivity contribution in [1.82, 2.24) is 4.90 Å². The first-order valence-electron chi connectivity index (χ1n) is 8.79. The number of aliphatic hydroxyl groups excluding tert-OH is 1. The van der Waals surface area contributed by atoms with E-state index < -0.39 is 0 Å². The molecule has 0 aliphatic carbocycles. The standard InChI is InChI=1S/C20H23BrN2O3/c1-2-26-19-6-4-15(12-18(19)21)20(25)22-17-5-3-14-7-8-23(9-10-24)13-16(14)11-17/h3-6,11-12,24H,2,7-10,13H2,1H3,(H,22,25). The Kier molecular flexibility index (Phi) is 6.29. The number of hydrogen-bond donors (Lipinski definition) is 2. The van der Waals surface area contributed by atoms with Gasteiger partial charge in [-0.2, -0.15) is 0 Å². The Morgan fingerprint density at radius 3 is 2.85 bits per heavy atom. The summed E-state index contributed by atoms with van der Waals surface area (Å²) < 4.78 is 6.24. The second-order valence-electron chi connectivity index (χ2n) is 6.27. The quantitative estimate of drug-likeness (QED) is 0.753. The number of hydrogen-bond acceptors (Lipinski definition) is 4. The molecule has 2 N–H and O–H groups in total. The third-order valence-electron chi connectivity index (χ3n) is 4.47. The minimum atomic E-state index is -0.156. The minimum absolute atomic E-state index is 0.156. The van der Waals surface area contributed by atoms with Crippen LogP contribution in [0.4, 0.5) is 5.69 Å². The van der Waals surface area contributed by atoms with E-state index >= 15 is 0 Å². The maximum atomic E-state index is 12.6. The smallest absolute Gasteiger partial charge is 0.255 e. The number of nitrogens with one attached hydrogen (secondary N) is 1. The van der Waals surface area contributed by atoms with Crippen LogP contribution in [0.3, 0.4) is 0 Å². The van der Waals surface area contributed by atoms with E-state index in [0.717, 1.165) is 35.4 Å². The monoisotopic (exact) mass is 418 g/mol. The average Bonchev–Trinajstić information content (AvgIpc) is 2.63. The van der Waals surface area contributed by atoms with E-state index in [9.17, 15) is 4.79 Å². The second-order valence-corrected chi connectivity index (χ2v) is 7.12. The molecule has 6 heteroatoms. The molecule has 0 saturated heterocycles. The number of anilines is 1. The van der Waals surface area contributed by atoms with Crippen LogP contribution in [-0.4, -0.2) is 42.2 Å². The van der Waals surface area contributed by atoms with Gasteiger partial charge in [-0.3, -0.25) is 9.69 Å². The molecule has 0 saturated carbocycles. The number of aliphatic hydroxyl groups is 1. The van der Waals surface area contributed by atoms with Crippen molar-refractivity contribution in [2.75, 3.05) is 31.6 Å². The Bertz CT molecular complexity index is 795. The molecule has 1 aliphatic heterocycles. The normalized spacial score (nSPS) is 14.0. The molecule has 26 heavy (non-hydrogen) atoms. The number of amides is 1. The second kappa shape index (κ2) is 8.66. The van der Waals surface area contributed by atoms with Gasteiger partial charge < -0.3 is 15.2 Å². The van der Waals surface area contributed by atoms with E-state index in [0.29, 0.717) is 18.7 Å². The molecule has 0 fully saturated rings. The van der Waals surface area contributed by atoms with Crippen LogP contribution >= 0.6 is 15.9 Å². The fourth-order valence-electron chi connectivity index (χ4n) is 3.14. The van der Waals surface area contributed by atoms with Gasteiger partial charge in [0.2, 0.25) is 0 Å². The third kappa shape index (κ3) is 4.44. The lowest BCUT2D eigenvalue weighted by Crippen LogP contribution is -2.32. The summed E-state index contributed by atoms with van der Waals surface area (Å²) in [5, 5.41) is 12.1. The lowest BCUT2D eigenvalue weighted by molar-refractivity contribution is 0.102. The van der Waals surface area contributed by atoms with Gasteiger partial charge in [0.05, 0.1) is 17.7 Å². The molecule has 1 heterocycles. The number of halogens is 1. The van der Waals surface area contributed by atoms with E-state index in [1.165, 1.54) is 11.1 Å². The molecular weight excluding hydrogens is 396 g/mol. The van der Waals surface area contributed by atoms with E-state index in [2.05, 4.69) is 32.2 Å². The summed E-state index contributed by atoms with van der Waals surface area (Å²) in [5.74, 6) is 0.568. The van der Waals surface area contributed by atoms with Gasteiger partial charge in [-0.05, 0) is 70.7 Å². The zero-order valence-corrected chi connectivity index (χ0v) is 16.4. The number of benzene rings is 2. The molecule has 0 unspecified atom stereocenters. The molecule has 0 atom stereocenters. The Hall–Kier alpha value is -1.89. The highest BCUT2D eigenvalue weighted by Crippen LogP contribution is 2.27. The highest BCUT2D eigenvalue weighted by molar-refractivity contribution is 9.10. The summed E-state index contributed by atoms with van der Waals surface area (Å²) in [7, 11) is 0. The minimum Gasteiger partial charge on any atom is -0.493 e. The average molecular weight is 419 g/mol. The van der Waals surface area contributed by atoms with Crippen LogP contribution in [0.25, 0.3) is 0 Å². The highest BCUT2D eigenvalue weighted by atomic mass is 79.9. The van der Waals surface area contributed by atoms with Crippen LogP contribution < -0.4 is 10.1 Å². The Labute approximate surface area is 162 Å². The number of β-amino-alcohol motifs (C(OH)–C–C–N with tert-alkyl or cyclic N) is 1. The summed E-state index contributed by atoms with van der Waals surface area (Å²) in [6, 6.07) is 11.4. The van der Waals surface area contributed by atoms with Crippen molar-refractivity contribution >= 4 is 27.5 Å². The first-order chi connectivity index (χ1) is 12.6. The number of carbonyl (C=O) groups is 1. The molecular formula is C20H23BrN2O3. The van der Waals surface area contributed by atoms with Gasteiger partial charge in [0.15, 0.2) is 0 Å². The third-order valence-corrected chi connectivity index (χ3v) is 5.09. The van der Waals surface area contributed by atoms with Crippen molar-refractivity contribution < 1.29 is 14.6 Å². The maximum Gasteiger partial charge on any atom is 0.255 e. The predicted octanol–water partition coefficient (Wildman–Crippen LogP) is 3.45. The van der Waals surface area contributed by atoms with Gasteiger partial charge in [-0.1, -0.05) is 6.07 Å². The largest absolute Gasteiger partial charge is 0.493 e. The molecule has 0 bridgehead atoms. The predicted molar refractivity (Wildman–Crippen MR) is 106 cm³/mol. The van der Waals surface area contributed by atoms with Crippen LogP contribution in [-0.2, 0) is 13.0 Å². The Balaban J connectivity index is 1.72. The van der Waals surface area contributed by atoms with Crippen molar-refractivity contribution in [3.8, 4) is 5.75 Å². The van der Waals surface area contributed by atoms with Crippen LogP contribution in [0, 0.1) is 0 Å². The number of carbonyl (C=O) groups excluding carboxylic acids is 1. The van der Waals surface area contributed by atoms with E-state index in [1.54, 1.807) is 18.2 Å². The SMILES string of the molecule is CCOc1ccc(C(=O)Nc2ccc3c(c2)CN(CCO)CC3)cc1Br. The first kappa shape index (κ1) is 18.9. The van der Waals surface area contributed by atoms with E-state index in [4.69, 9.17) is 9.84 Å². The molecule has 2 aromatic carbocycles. The van der Waals surface area contributed by atoms with Gasteiger partial charge in [0.25, 0.3) is 5.91 Å². The summed E-state index contributed by atoms with van der Waals surface area (Å²) in [5.41, 5.74) is 3.86. The zero-order chi connectivity index (χ0) is 18.5. The Morgan fingerprint density at radius 2 is 2.12 bits per heavy atom.